The van der Waals surface area contributed by atoms with Gasteiger partial charge in [0.1, 0.15) is 0 Å². The number of carbonyl (C=O) groups is 1. The lowest BCUT2D eigenvalue weighted by atomic mass is 10.2. The zero-order chi connectivity index (χ0) is 20.2. The predicted molar refractivity (Wildman–Crippen MR) is 115 cm³/mol. The Hall–Kier alpha value is -2.08. The van der Waals surface area contributed by atoms with Crippen LogP contribution in [0.15, 0.2) is 29.3 Å². The second-order valence-electron chi connectivity index (χ2n) is 7.28. The fourth-order valence-electron chi connectivity index (χ4n) is 3.04. The molecule has 0 aliphatic heterocycles. The van der Waals surface area contributed by atoms with Gasteiger partial charge >= 0.3 is 0 Å². The van der Waals surface area contributed by atoms with Crippen molar-refractivity contribution in [1.29, 1.82) is 0 Å². The fraction of sp³-hybridized carbons (Fsp3) is 0.619. The first-order valence-corrected chi connectivity index (χ1v) is 9.98. The molecule has 0 bridgehead atoms. The molecular weight excluding hydrogens is 338 g/mol. The Labute approximate surface area is 164 Å². The molecule has 6 nitrogen and oxygen atoms in total. The number of rotatable bonds is 10. The van der Waals surface area contributed by atoms with Gasteiger partial charge in [0.25, 0.3) is 0 Å². The van der Waals surface area contributed by atoms with E-state index in [1.165, 1.54) is 6.92 Å². The van der Waals surface area contributed by atoms with Crippen molar-refractivity contribution in [3.05, 3.63) is 29.8 Å². The molecule has 3 N–H and O–H groups in total. The van der Waals surface area contributed by atoms with Crippen molar-refractivity contribution in [2.24, 2.45) is 4.99 Å². The van der Waals surface area contributed by atoms with Gasteiger partial charge in [0.2, 0.25) is 5.91 Å². The van der Waals surface area contributed by atoms with Crippen LogP contribution < -0.4 is 16.0 Å². The predicted octanol–water partition coefficient (Wildman–Crippen LogP) is 3.21. The average Bonchev–Trinajstić information content (AvgIpc) is 2.58. The third kappa shape index (κ3) is 9.43. The van der Waals surface area contributed by atoms with Crippen molar-refractivity contribution in [2.75, 3.05) is 25.0 Å². The normalized spacial score (nSPS) is 12.0. The van der Waals surface area contributed by atoms with Gasteiger partial charge in [0, 0.05) is 44.3 Å². The summed E-state index contributed by atoms with van der Waals surface area (Å²) in [6.07, 6.45) is 1.07. The zero-order valence-corrected chi connectivity index (χ0v) is 17.8. The molecule has 0 atom stereocenters. The van der Waals surface area contributed by atoms with Gasteiger partial charge in [-0.25, -0.2) is 4.99 Å². The van der Waals surface area contributed by atoms with Crippen LogP contribution in [0.4, 0.5) is 5.69 Å². The fourth-order valence-corrected chi connectivity index (χ4v) is 3.04. The summed E-state index contributed by atoms with van der Waals surface area (Å²) in [6.45, 7) is 15.9. The molecule has 0 aliphatic rings. The van der Waals surface area contributed by atoms with Crippen molar-refractivity contribution in [3.63, 3.8) is 0 Å². The molecule has 0 saturated heterocycles. The Bertz CT molecular complexity index is 590. The molecular formula is C21H37N5O. The maximum atomic E-state index is 11.2. The van der Waals surface area contributed by atoms with E-state index in [2.05, 4.69) is 60.5 Å². The van der Waals surface area contributed by atoms with Gasteiger partial charge in [-0.1, -0.05) is 12.1 Å². The summed E-state index contributed by atoms with van der Waals surface area (Å²) in [4.78, 5) is 18.4. The Balaban J connectivity index is 2.56. The monoisotopic (exact) mass is 375 g/mol. The van der Waals surface area contributed by atoms with Crippen LogP contribution in [0.2, 0.25) is 0 Å². The quantitative estimate of drug-likeness (QED) is 0.334. The molecule has 1 amide bonds. The molecule has 1 aromatic carbocycles. The molecule has 0 saturated carbocycles. The Morgan fingerprint density at radius 3 is 2.44 bits per heavy atom. The smallest absolute Gasteiger partial charge is 0.221 e. The topological polar surface area (TPSA) is 68.8 Å². The second-order valence-corrected chi connectivity index (χ2v) is 7.28. The average molecular weight is 376 g/mol. The Morgan fingerprint density at radius 1 is 1.15 bits per heavy atom. The van der Waals surface area contributed by atoms with Crippen molar-refractivity contribution in [3.8, 4) is 0 Å². The SMILES string of the molecule is CCNC(=NCc1cccc(NC(C)=O)c1)NCCCN(C(C)C)C(C)C. The van der Waals surface area contributed by atoms with Crippen molar-refractivity contribution < 1.29 is 4.79 Å². The highest BCUT2D eigenvalue weighted by molar-refractivity contribution is 5.88. The second kappa shape index (κ2) is 12.3. The summed E-state index contributed by atoms with van der Waals surface area (Å²) in [6, 6.07) is 8.90. The largest absolute Gasteiger partial charge is 0.357 e. The lowest BCUT2D eigenvalue weighted by Gasteiger charge is -2.30. The van der Waals surface area contributed by atoms with Gasteiger partial charge in [-0.05, 0) is 58.7 Å². The number of nitrogens with zero attached hydrogens (tertiary/aromatic N) is 2. The zero-order valence-electron chi connectivity index (χ0n) is 17.8. The number of hydrogen-bond acceptors (Lipinski definition) is 3. The lowest BCUT2D eigenvalue weighted by molar-refractivity contribution is -0.114. The summed E-state index contributed by atoms with van der Waals surface area (Å²) in [5.41, 5.74) is 1.86. The molecule has 6 heteroatoms. The minimum Gasteiger partial charge on any atom is -0.357 e. The van der Waals surface area contributed by atoms with Gasteiger partial charge in [0.05, 0.1) is 6.54 Å². The van der Waals surface area contributed by atoms with E-state index in [4.69, 9.17) is 0 Å². The van der Waals surface area contributed by atoms with Gasteiger partial charge in [0.15, 0.2) is 5.96 Å². The summed E-state index contributed by atoms with van der Waals surface area (Å²) in [7, 11) is 0. The molecule has 0 fully saturated rings. The van der Waals surface area contributed by atoms with Crippen molar-refractivity contribution in [2.45, 2.75) is 66.6 Å². The number of anilines is 1. The molecule has 1 rings (SSSR count). The van der Waals surface area contributed by atoms with E-state index >= 15 is 0 Å². The highest BCUT2D eigenvalue weighted by atomic mass is 16.1. The minimum atomic E-state index is -0.0671. The Kier molecular flexibility index (Phi) is 10.5. The standard InChI is InChI=1S/C21H37N5O/c1-7-22-21(23-12-9-13-26(16(2)3)17(4)5)24-15-19-10-8-11-20(14-19)25-18(6)27/h8,10-11,14,16-17H,7,9,12-13,15H2,1-6H3,(H,25,27)(H2,22,23,24). The van der Waals surface area contributed by atoms with E-state index in [1.54, 1.807) is 0 Å². The Morgan fingerprint density at radius 2 is 1.85 bits per heavy atom. The number of aliphatic imine (C=N–C) groups is 1. The van der Waals surface area contributed by atoms with Crippen LogP contribution in [-0.4, -0.2) is 48.5 Å². The first-order chi connectivity index (χ1) is 12.8. The molecule has 152 valence electrons. The molecule has 0 unspecified atom stereocenters. The number of nitrogens with one attached hydrogen (secondary N) is 3. The van der Waals surface area contributed by atoms with E-state index in [0.29, 0.717) is 18.6 Å². The molecule has 0 aliphatic carbocycles. The van der Waals surface area contributed by atoms with Gasteiger partial charge in [-0.15, -0.1) is 0 Å². The third-order valence-corrected chi connectivity index (χ3v) is 4.22. The van der Waals surface area contributed by atoms with Gasteiger partial charge in [-0.2, -0.15) is 0 Å². The van der Waals surface area contributed by atoms with E-state index in [0.717, 1.165) is 43.3 Å². The van der Waals surface area contributed by atoms with Crippen molar-refractivity contribution >= 4 is 17.6 Å². The molecule has 0 radical (unpaired) electrons. The maximum absolute atomic E-state index is 11.2. The summed E-state index contributed by atoms with van der Waals surface area (Å²) in [5.74, 6) is 0.755. The molecule has 27 heavy (non-hydrogen) atoms. The first-order valence-electron chi connectivity index (χ1n) is 9.98. The van der Waals surface area contributed by atoms with E-state index in [9.17, 15) is 4.79 Å². The van der Waals surface area contributed by atoms with Gasteiger partial charge < -0.3 is 16.0 Å². The first kappa shape index (κ1) is 23.0. The number of amides is 1. The van der Waals surface area contributed by atoms with Crippen LogP contribution in [0, 0.1) is 0 Å². The maximum Gasteiger partial charge on any atom is 0.221 e. The van der Waals surface area contributed by atoms with E-state index in [1.807, 2.05) is 24.3 Å². The van der Waals surface area contributed by atoms with Crippen LogP contribution >= 0.6 is 0 Å². The van der Waals surface area contributed by atoms with Crippen LogP contribution in [0.3, 0.4) is 0 Å². The number of hydrogen-bond donors (Lipinski definition) is 3. The van der Waals surface area contributed by atoms with Crippen LogP contribution in [-0.2, 0) is 11.3 Å². The van der Waals surface area contributed by atoms with Crippen LogP contribution in [0.5, 0.6) is 0 Å². The summed E-state index contributed by atoms with van der Waals surface area (Å²) < 4.78 is 0. The van der Waals surface area contributed by atoms with E-state index < -0.39 is 0 Å². The van der Waals surface area contributed by atoms with Crippen molar-refractivity contribution in [1.82, 2.24) is 15.5 Å². The number of benzene rings is 1. The highest BCUT2D eigenvalue weighted by Crippen LogP contribution is 2.11. The molecule has 1 aromatic rings. The van der Waals surface area contributed by atoms with E-state index in [-0.39, 0.29) is 5.91 Å². The number of guanidine groups is 1. The molecule has 0 heterocycles. The summed E-state index contributed by atoms with van der Waals surface area (Å²) in [5, 5.41) is 9.51. The van der Waals surface area contributed by atoms with Crippen LogP contribution in [0.25, 0.3) is 0 Å². The molecule has 0 aromatic heterocycles. The minimum absolute atomic E-state index is 0.0671. The lowest BCUT2D eigenvalue weighted by Crippen LogP contribution is -2.41. The third-order valence-electron chi connectivity index (χ3n) is 4.22. The highest BCUT2D eigenvalue weighted by Gasteiger charge is 2.12. The summed E-state index contributed by atoms with van der Waals surface area (Å²) >= 11 is 0. The van der Waals surface area contributed by atoms with Crippen LogP contribution in [0.1, 0.15) is 53.5 Å². The molecule has 0 spiro atoms. The van der Waals surface area contributed by atoms with Gasteiger partial charge in [-0.3, -0.25) is 9.69 Å². The number of carbonyl (C=O) groups excluding carboxylic acids is 1.